The summed E-state index contributed by atoms with van der Waals surface area (Å²) < 4.78 is 0. The molecule has 0 aliphatic heterocycles. The van der Waals surface area contributed by atoms with Crippen LogP contribution in [-0.2, 0) is 0 Å². The van der Waals surface area contributed by atoms with Crippen LogP contribution in [0.1, 0.15) is 40.5 Å². The highest BCUT2D eigenvalue weighted by Gasteiger charge is 2.13. The molecule has 0 unspecified atom stereocenters. The van der Waals surface area contributed by atoms with Gasteiger partial charge in [0.25, 0.3) is 0 Å². The second kappa shape index (κ2) is 4.55. The topological polar surface area (TPSA) is 26.0 Å². The van der Waals surface area contributed by atoms with Crippen molar-refractivity contribution in [3.63, 3.8) is 0 Å². The first-order valence-corrected chi connectivity index (χ1v) is 4.31. The molecule has 0 bridgehead atoms. The molecule has 66 valence electrons. The van der Waals surface area contributed by atoms with Crippen LogP contribution < -0.4 is 5.73 Å². The average molecular weight is 155 g/mol. The quantitative estimate of drug-likeness (QED) is 0.621. The van der Waals surface area contributed by atoms with E-state index in [2.05, 4.69) is 33.8 Å². The number of allylic oxidation sites excluding steroid dienone is 2. The zero-order valence-electron chi connectivity index (χ0n) is 8.28. The maximum atomic E-state index is 5.60. The van der Waals surface area contributed by atoms with Crippen LogP contribution in [0.4, 0.5) is 0 Å². The van der Waals surface area contributed by atoms with Crippen molar-refractivity contribution in [2.75, 3.05) is 6.54 Å². The number of rotatable bonds is 4. The zero-order valence-corrected chi connectivity index (χ0v) is 8.28. The van der Waals surface area contributed by atoms with E-state index < -0.39 is 0 Å². The Morgan fingerprint density at radius 2 is 1.91 bits per heavy atom. The molecule has 0 heterocycles. The number of hydrogen-bond acceptors (Lipinski definition) is 1. The van der Waals surface area contributed by atoms with Gasteiger partial charge < -0.3 is 5.73 Å². The molecule has 0 spiro atoms. The maximum absolute atomic E-state index is 5.60. The summed E-state index contributed by atoms with van der Waals surface area (Å²) in [5.41, 5.74) is 7.31. The van der Waals surface area contributed by atoms with Crippen LogP contribution in [-0.4, -0.2) is 6.54 Å². The van der Waals surface area contributed by atoms with E-state index in [4.69, 9.17) is 5.73 Å². The molecule has 0 aliphatic rings. The van der Waals surface area contributed by atoms with Crippen LogP contribution in [0.15, 0.2) is 11.6 Å². The van der Waals surface area contributed by atoms with E-state index in [1.807, 2.05) is 0 Å². The Bertz CT molecular complexity index is 130. The lowest BCUT2D eigenvalue weighted by Gasteiger charge is -2.20. The van der Waals surface area contributed by atoms with Gasteiger partial charge in [-0.15, -0.1) is 0 Å². The lowest BCUT2D eigenvalue weighted by atomic mass is 9.88. The minimum absolute atomic E-state index is 0.311. The van der Waals surface area contributed by atoms with Gasteiger partial charge >= 0.3 is 0 Å². The molecule has 0 fully saturated rings. The Kier molecular flexibility index (Phi) is 4.43. The van der Waals surface area contributed by atoms with Crippen molar-refractivity contribution in [3.05, 3.63) is 11.6 Å². The molecule has 1 nitrogen and oxygen atoms in total. The maximum Gasteiger partial charge on any atom is -0.00257 e. The van der Waals surface area contributed by atoms with Gasteiger partial charge in [-0.1, -0.05) is 25.5 Å². The van der Waals surface area contributed by atoms with Crippen molar-refractivity contribution in [2.24, 2.45) is 11.1 Å². The molecule has 0 rings (SSSR count). The monoisotopic (exact) mass is 155 g/mol. The van der Waals surface area contributed by atoms with Gasteiger partial charge in [-0.25, -0.2) is 0 Å². The fourth-order valence-corrected chi connectivity index (χ4v) is 0.854. The van der Waals surface area contributed by atoms with E-state index in [-0.39, 0.29) is 0 Å². The Labute approximate surface area is 70.7 Å². The highest BCUT2D eigenvalue weighted by atomic mass is 14.6. The van der Waals surface area contributed by atoms with Gasteiger partial charge in [0, 0.05) is 0 Å². The van der Waals surface area contributed by atoms with Crippen molar-refractivity contribution in [2.45, 2.75) is 40.5 Å². The third-order valence-corrected chi connectivity index (χ3v) is 1.93. The summed E-state index contributed by atoms with van der Waals surface area (Å²) in [5, 5.41) is 0. The van der Waals surface area contributed by atoms with Gasteiger partial charge in [0.15, 0.2) is 0 Å². The van der Waals surface area contributed by atoms with Crippen LogP contribution in [0.5, 0.6) is 0 Å². The summed E-state index contributed by atoms with van der Waals surface area (Å²) in [6, 6.07) is 0. The second-order valence-corrected chi connectivity index (χ2v) is 4.19. The van der Waals surface area contributed by atoms with E-state index in [9.17, 15) is 0 Å². The summed E-state index contributed by atoms with van der Waals surface area (Å²) in [6.07, 6.45) is 4.62. The molecule has 0 aromatic carbocycles. The molecule has 0 atom stereocenters. The first-order valence-electron chi connectivity index (χ1n) is 4.31. The smallest absolute Gasteiger partial charge is 0.00257 e. The Morgan fingerprint density at radius 3 is 2.27 bits per heavy atom. The van der Waals surface area contributed by atoms with Gasteiger partial charge in [0.2, 0.25) is 0 Å². The standard InChI is InChI=1S/C10H21N/c1-9(2)6-5-7-10(3,4)8-11/h6H,5,7-8,11H2,1-4H3. The Morgan fingerprint density at radius 1 is 1.36 bits per heavy atom. The van der Waals surface area contributed by atoms with E-state index >= 15 is 0 Å². The molecule has 0 aliphatic carbocycles. The van der Waals surface area contributed by atoms with Crippen molar-refractivity contribution in [1.82, 2.24) is 0 Å². The summed E-state index contributed by atoms with van der Waals surface area (Å²) in [6.45, 7) is 9.48. The lowest BCUT2D eigenvalue weighted by molar-refractivity contribution is 0.350. The molecule has 2 N–H and O–H groups in total. The lowest BCUT2D eigenvalue weighted by Crippen LogP contribution is -2.22. The summed E-state index contributed by atoms with van der Waals surface area (Å²) in [4.78, 5) is 0. The fraction of sp³-hybridized carbons (Fsp3) is 0.800. The normalized spacial score (nSPS) is 11.4. The van der Waals surface area contributed by atoms with E-state index in [1.54, 1.807) is 0 Å². The minimum atomic E-state index is 0.311. The average Bonchev–Trinajstić information content (AvgIpc) is 1.87. The van der Waals surface area contributed by atoms with Crippen LogP contribution >= 0.6 is 0 Å². The summed E-state index contributed by atoms with van der Waals surface area (Å²) in [7, 11) is 0. The van der Waals surface area contributed by atoms with Crippen LogP contribution in [0.25, 0.3) is 0 Å². The van der Waals surface area contributed by atoms with Gasteiger partial charge in [-0.3, -0.25) is 0 Å². The molecule has 0 radical (unpaired) electrons. The third-order valence-electron chi connectivity index (χ3n) is 1.93. The fourth-order valence-electron chi connectivity index (χ4n) is 0.854. The molecular formula is C10H21N. The highest BCUT2D eigenvalue weighted by Crippen LogP contribution is 2.20. The molecule has 0 saturated carbocycles. The number of hydrogen-bond donors (Lipinski definition) is 1. The SMILES string of the molecule is CC(C)=CCCC(C)(C)CN. The molecule has 0 amide bonds. The van der Waals surface area contributed by atoms with Gasteiger partial charge in [0.1, 0.15) is 0 Å². The first kappa shape index (κ1) is 10.7. The van der Waals surface area contributed by atoms with Gasteiger partial charge in [-0.05, 0) is 38.6 Å². The largest absolute Gasteiger partial charge is 0.330 e. The van der Waals surface area contributed by atoms with E-state index in [0.29, 0.717) is 5.41 Å². The minimum Gasteiger partial charge on any atom is -0.330 e. The van der Waals surface area contributed by atoms with Crippen LogP contribution in [0.3, 0.4) is 0 Å². The predicted octanol–water partition coefficient (Wildman–Crippen LogP) is 2.72. The highest BCUT2D eigenvalue weighted by molar-refractivity contribution is 4.93. The molecule has 1 heteroatoms. The number of nitrogens with two attached hydrogens (primary N) is 1. The van der Waals surface area contributed by atoms with Crippen LogP contribution in [0, 0.1) is 5.41 Å². The van der Waals surface area contributed by atoms with E-state index in [0.717, 1.165) is 13.0 Å². The first-order chi connectivity index (χ1) is 4.98. The van der Waals surface area contributed by atoms with Crippen molar-refractivity contribution in [3.8, 4) is 0 Å². The predicted molar refractivity (Wildman–Crippen MR) is 51.5 cm³/mol. The summed E-state index contributed by atoms with van der Waals surface area (Å²) in [5.74, 6) is 0. The Balaban J connectivity index is 3.62. The van der Waals surface area contributed by atoms with Crippen molar-refractivity contribution in [1.29, 1.82) is 0 Å². The third kappa shape index (κ3) is 6.11. The Hall–Kier alpha value is -0.300. The van der Waals surface area contributed by atoms with E-state index in [1.165, 1.54) is 12.0 Å². The van der Waals surface area contributed by atoms with Gasteiger partial charge in [0.05, 0.1) is 0 Å². The van der Waals surface area contributed by atoms with Crippen molar-refractivity contribution < 1.29 is 0 Å². The van der Waals surface area contributed by atoms with Gasteiger partial charge in [-0.2, -0.15) is 0 Å². The van der Waals surface area contributed by atoms with Crippen LogP contribution in [0.2, 0.25) is 0 Å². The zero-order chi connectivity index (χ0) is 8.91. The molecule has 11 heavy (non-hydrogen) atoms. The molecule has 0 saturated heterocycles. The molecule has 0 aromatic rings. The van der Waals surface area contributed by atoms with Crippen molar-refractivity contribution >= 4 is 0 Å². The summed E-state index contributed by atoms with van der Waals surface area (Å²) >= 11 is 0. The molecule has 0 aromatic heterocycles. The second-order valence-electron chi connectivity index (χ2n) is 4.19. The molecular weight excluding hydrogens is 134 g/mol.